The number of allylic oxidation sites excluding steroid dienone is 1. The Morgan fingerprint density at radius 1 is 1.07 bits per heavy atom. The number of methoxy groups -OCH3 is 1. The van der Waals surface area contributed by atoms with Crippen molar-refractivity contribution >= 4 is 33.2 Å². The monoisotopic (exact) mass is 586 g/mol. The van der Waals surface area contributed by atoms with E-state index in [4.69, 9.17) is 21.1 Å². The number of hydrogen-bond donors (Lipinski definition) is 1. The highest BCUT2D eigenvalue weighted by molar-refractivity contribution is 7.90. The molecule has 1 aliphatic carbocycles. The fourth-order valence-corrected chi connectivity index (χ4v) is 7.24. The normalized spacial score (nSPS) is 28.0. The second-order valence-electron chi connectivity index (χ2n) is 11.3. The van der Waals surface area contributed by atoms with Gasteiger partial charge in [-0.05, 0) is 105 Å². The number of fused-ring (bicyclic) bond motifs is 3. The summed E-state index contributed by atoms with van der Waals surface area (Å²) in [6.45, 7) is 3.63. The minimum Gasteiger partial charge on any atom is -0.487 e. The third-order valence-corrected chi connectivity index (χ3v) is 10.7. The number of ether oxygens (including phenoxy) is 2. The van der Waals surface area contributed by atoms with Gasteiger partial charge in [0.05, 0.1) is 17.0 Å². The van der Waals surface area contributed by atoms with Crippen molar-refractivity contribution in [2.45, 2.75) is 69.8 Å². The van der Waals surface area contributed by atoms with Gasteiger partial charge in [-0.1, -0.05) is 29.8 Å². The number of sulfonamides is 1. The van der Waals surface area contributed by atoms with E-state index in [0.29, 0.717) is 42.6 Å². The van der Waals surface area contributed by atoms with Gasteiger partial charge in [0.25, 0.3) is 5.91 Å². The molecular formula is C31H39ClN2O5S. The first-order valence-electron chi connectivity index (χ1n) is 14.3. The average Bonchev–Trinajstić information content (AvgIpc) is 2.94. The predicted molar refractivity (Wildman–Crippen MR) is 159 cm³/mol. The van der Waals surface area contributed by atoms with Crippen LogP contribution >= 0.6 is 11.6 Å². The molecule has 1 N–H and O–H groups in total. The molecule has 1 fully saturated rings. The highest BCUT2D eigenvalue weighted by atomic mass is 35.5. The third kappa shape index (κ3) is 6.50. The van der Waals surface area contributed by atoms with Crippen molar-refractivity contribution in [1.82, 2.24) is 4.72 Å². The van der Waals surface area contributed by atoms with Gasteiger partial charge in [0.1, 0.15) is 12.4 Å². The van der Waals surface area contributed by atoms with Crippen LogP contribution in [0.2, 0.25) is 5.02 Å². The number of rotatable bonds is 1. The summed E-state index contributed by atoms with van der Waals surface area (Å²) in [4.78, 5) is 15.5. The lowest BCUT2D eigenvalue weighted by molar-refractivity contribution is 0.0134. The van der Waals surface area contributed by atoms with Gasteiger partial charge in [-0.25, -0.2) is 13.1 Å². The molecule has 1 amide bonds. The van der Waals surface area contributed by atoms with Gasteiger partial charge in [-0.15, -0.1) is 0 Å². The SMILES string of the molecule is CO[C@H]1/C=C/CC[C@@H](C)S(=O)(=O)NC(=O)c2ccc3c(c2)N(CCCCc2cc(Cl)ccc2CO3)C[C@@H]2CC[C@H]21. The molecule has 1 saturated carbocycles. The molecule has 9 heteroatoms. The molecule has 40 heavy (non-hydrogen) atoms. The summed E-state index contributed by atoms with van der Waals surface area (Å²) in [7, 11) is -2.09. The summed E-state index contributed by atoms with van der Waals surface area (Å²) in [5.41, 5.74) is 3.40. The molecule has 5 rings (SSSR count). The van der Waals surface area contributed by atoms with Gasteiger partial charge in [0.2, 0.25) is 10.0 Å². The zero-order valence-corrected chi connectivity index (χ0v) is 24.8. The second kappa shape index (κ2) is 12.5. The second-order valence-corrected chi connectivity index (χ2v) is 13.8. The molecule has 3 aliphatic rings. The number of amides is 1. The molecule has 2 aliphatic heterocycles. The maximum absolute atomic E-state index is 13.2. The molecule has 2 bridgehead atoms. The quantitative estimate of drug-likeness (QED) is 0.419. The molecule has 0 radical (unpaired) electrons. The lowest BCUT2D eigenvalue weighted by Gasteiger charge is -2.43. The Bertz CT molecular complexity index is 1360. The van der Waals surface area contributed by atoms with E-state index < -0.39 is 21.2 Å². The Morgan fingerprint density at radius 3 is 2.70 bits per heavy atom. The first-order valence-corrected chi connectivity index (χ1v) is 16.2. The van der Waals surface area contributed by atoms with Crippen LogP contribution in [0.5, 0.6) is 5.75 Å². The van der Waals surface area contributed by atoms with Gasteiger partial charge in [-0.3, -0.25) is 4.79 Å². The van der Waals surface area contributed by atoms with Crippen molar-refractivity contribution in [1.29, 1.82) is 0 Å². The van der Waals surface area contributed by atoms with Crippen LogP contribution in [0.25, 0.3) is 0 Å². The summed E-state index contributed by atoms with van der Waals surface area (Å²) in [5.74, 6) is 0.882. The highest BCUT2D eigenvalue weighted by Gasteiger charge is 2.38. The van der Waals surface area contributed by atoms with Crippen LogP contribution in [0.15, 0.2) is 48.6 Å². The van der Waals surface area contributed by atoms with Crippen molar-refractivity contribution in [3.05, 3.63) is 70.3 Å². The van der Waals surface area contributed by atoms with Gasteiger partial charge < -0.3 is 14.4 Å². The topological polar surface area (TPSA) is 84.9 Å². The Hall–Kier alpha value is -2.55. The van der Waals surface area contributed by atoms with Gasteiger partial charge in [0.15, 0.2) is 0 Å². The smallest absolute Gasteiger partial charge is 0.264 e. The molecule has 0 spiro atoms. The van der Waals surface area contributed by atoms with Crippen LogP contribution in [0.3, 0.4) is 0 Å². The first-order chi connectivity index (χ1) is 19.2. The summed E-state index contributed by atoms with van der Waals surface area (Å²) in [6.07, 6.45) is 10.2. The van der Waals surface area contributed by atoms with Crippen molar-refractivity contribution in [2.75, 3.05) is 25.1 Å². The minimum atomic E-state index is -3.83. The standard InChI is InChI=1S/C31H39ClN2O5S/c1-21-7-3-4-9-29(38-2)27-14-11-24(27)19-34-16-6-5-8-22-17-26(32)13-10-25(22)20-39-30-15-12-23(18-28(30)34)31(35)33-40(21,36)37/h4,9-10,12-13,15,17-18,21,24,27,29H,3,5-8,11,14,16,19-20H2,1-2H3,(H,33,35)/b9-4+/t21-,24+,27-,29+/m1/s1. The summed E-state index contributed by atoms with van der Waals surface area (Å²) in [6, 6.07) is 11.2. The maximum Gasteiger partial charge on any atom is 0.264 e. The molecule has 0 saturated heterocycles. The zero-order chi connectivity index (χ0) is 28.3. The predicted octanol–water partition coefficient (Wildman–Crippen LogP) is 5.90. The Balaban J connectivity index is 1.53. The molecule has 0 aromatic heterocycles. The van der Waals surface area contributed by atoms with Crippen LogP contribution in [0.4, 0.5) is 5.69 Å². The number of nitrogens with one attached hydrogen (secondary N) is 1. The Kier molecular flexibility index (Phi) is 9.08. The minimum absolute atomic E-state index is 0.0106. The molecule has 2 heterocycles. The van der Waals surface area contributed by atoms with Crippen molar-refractivity contribution in [3.63, 3.8) is 0 Å². The third-order valence-electron chi connectivity index (χ3n) is 8.69. The van der Waals surface area contributed by atoms with Crippen LogP contribution in [0, 0.1) is 11.8 Å². The molecule has 2 aromatic rings. The van der Waals surface area contributed by atoms with E-state index >= 15 is 0 Å². The molecular weight excluding hydrogens is 548 g/mol. The number of aryl methyl sites for hydroxylation is 1. The maximum atomic E-state index is 13.2. The number of anilines is 1. The number of carbonyl (C=O) groups excluding carboxylic acids is 1. The molecule has 2 aromatic carbocycles. The number of hydrogen-bond acceptors (Lipinski definition) is 6. The van der Waals surface area contributed by atoms with E-state index in [0.717, 1.165) is 61.5 Å². The molecule has 4 atom stereocenters. The zero-order valence-electron chi connectivity index (χ0n) is 23.3. The fraction of sp³-hybridized carbons (Fsp3) is 0.516. The summed E-state index contributed by atoms with van der Waals surface area (Å²) < 4.78 is 40.5. The number of benzene rings is 2. The van der Waals surface area contributed by atoms with Crippen molar-refractivity contribution in [2.24, 2.45) is 11.8 Å². The lowest BCUT2D eigenvalue weighted by atomic mass is 9.70. The number of nitrogens with zero attached hydrogens (tertiary/aromatic N) is 1. The highest BCUT2D eigenvalue weighted by Crippen LogP contribution is 2.41. The largest absolute Gasteiger partial charge is 0.487 e. The molecule has 216 valence electrons. The van der Waals surface area contributed by atoms with E-state index in [1.807, 2.05) is 24.3 Å². The molecule has 0 unspecified atom stereocenters. The number of halogens is 1. The van der Waals surface area contributed by atoms with E-state index in [-0.39, 0.29) is 6.10 Å². The van der Waals surface area contributed by atoms with E-state index in [9.17, 15) is 13.2 Å². The summed E-state index contributed by atoms with van der Waals surface area (Å²) in [5, 5.41) is 0.0116. The van der Waals surface area contributed by atoms with Gasteiger partial charge in [0, 0.05) is 30.8 Å². The van der Waals surface area contributed by atoms with Gasteiger partial charge in [-0.2, -0.15) is 0 Å². The van der Waals surface area contributed by atoms with Crippen molar-refractivity contribution < 1.29 is 22.7 Å². The van der Waals surface area contributed by atoms with Crippen molar-refractivity contribution in [3.8, 4) is 5.75 Å². The Labute approximate surface area is 242 Å². The fourth-order valence-electron chi connectivity index (χ4n) is 6.02. The van der Waals surface area contributed by atoms with Crippen LogP contribution in [-0.4, -0.2) is 45.9 Å². The van der Waals surface area contributed by atoms with Gasteiger partial charge >= 0.3 is 0 Å². The van der Waals surface area contributed by atoms with E-state index in [1.54, 1.807) is 32.2 Å². The summed E-state index contributed by atoms with van der Waals surface area (Å²) >= 11 is 6.30. The van der Waals surface area contributed by atoms with E-state index in [2.05, 4.69) is 15.7 Å². The first kappa shape index (κ1) is 29.0. The Morgan fingerprint density at radius 2 is 1.93 bits per heavy atom. The van der Waals surface area contributed by atoms with Crippen LogP contribution in [0.1, 0.15) is 66.9 Å². The van der Waals surface area contributed by atoms with E-state index in [1.165, 1.54) is 5.56 Å². The average molecular weight is 587 g/mol. The van der Waals surface area contributed by atoms with Crippen LogP contribution < -0.4 is 14.4 Å². The molecule has 7 nitrogen and oxygen atoms in total. The van der Waals surface area contributed by atoms with Crippen LogP contribution in [-0.2, 0) is 27.8 Å². The lowest BCUT2D eigenvalue weighted by Crippen LogP contribution is -2.44. The number of carbonyl (C=O) groups is 1.